The molecule has 0 fully saturated rings. The molecule has 0 atom stereocenters. The van der Waals surface area contributed by atoms with Crippen molar-refractivity contribution in [3.8, 4) is 5.75 Å². The molecule has 1 heterocycles. The summed E-state index contributed by atoms with van der Waals surface area (Å²) in [5.74, 6) is 0.700. The fourth-order valence-corrected chi connectivity index (χ4v) is 2.75. The molecule has 0 aliphatic heterocycles. The predicted octanol–water partition coefficient (Wildman–Crippen LogP) is 4.09. The van der Waals surface area contributed by atoms with Crippen LogP contribution in [0.25, 0.3) is 21.9 Å². The maximum absolute atomic E-state index is 12.7. The highest BCUT2D eigenvalue weighted by atomic mass is 35.5. The molecule has 0 radical (unpaired) electrons. The lowest BCUT2D eigenvalue weighted by molar-refractivity contribution is 0.371. The number of rotatable bonds is 3. The molecule has 0 N–H and O–H groups in total. The van der Waals surface area contributed by atoms with Gasteiger partial charge in [0, 0.05) is 17.6 Å². The van der Waals surface area contributed by atoms with E-state index in [0.29, 0.717) is 39.3 Å². The minimum Gasteiger partial charge on any atom is -0.496 e. The van der Waals surface area contributed by atoms with E-state index in [9.17, 15) is 4.79 Å². The van der Waals surface area contributed by atoms with Gasteiger partial charge in [-0.25, -0.2) is 0 Å². The van der Waals surface area contributed by atoms with Crippen LogP contribution in [0.4, 0.5) is 0 Å². The van der Waals surface area contributed by atoms with Crippen LogP contribution in [0, 0.1) is 0 Å². The first kappa shape index (κ1) is 17.6. The Balaban J connectivity index is 0.00000192. The Morgan fingerprint density at radius 1 is 1.17 bits per heavy atom. The molecule has 6 heteroatoms. The molecule has 0 aliphatic rings. The average Bonchev–Trinajstić information content (AvgIpc) is 2.47. The summed E-state index contributed by atoms with van der Waals surface area (Å²) in [6.07, 6.45) is 0. The topological polar surface area (TPSA) is 42.7 Å². The van der Waals surface area contributed by atoms with Gasteiger partial charge in [0.15, 0.2) is 0 Å². The Kier molecular flexibility index (Phi) is 5.19. The lowest BCUT2D eigenvalue weighted by Crippen LogP contribution is -2.13. The summed E-state index contributed by atoms with van der Waals surface area (Å²) >= 11 is 6.01. The summed E-state index contributed by atoms with van der Waals surface area (Å²) in [5, 5.41) is 1.61. The number of benzene rings is 2. The molecule has 0 unspecified atom stereocenters. The quantitative estimate of drug-likeness (QED) is 0.665. The summed E-state index contributed by atoms with van der Waals surface area (Å²) in [5.41, 5.74) is 1.82. The number of methoxy groups -OCH3 is 1. The molecule has 0 spiro atoms. The summed E-state index contributed by atoms with van der Waals surface area (Å²) in [7, 11) is 5.51. The van der Waals surface area contributed by atoms with Crippen molar-refractivity contribution in [1.82, 2.24) is 4.90 Å². The van der Waals surface area contributed by atoms with Crippen molar-refractivity contribution in [3.63, 3.8) is 0 Å². The average molecular weight is 354 g/mol. The number of fused-ring (bicyclic) bond motifs is 2. The largest absolute Gasteiger partial charge is 0.496 e. The Labute approximate surface area is 145 Å². The fourth-order valence-electron chi connectivity index (χ4n) is 2.59. The van der Waals surface area contributed by atoms with Crippen molar-refractivity contribution in [2.45, 2.75) is 6.54 Å². The van der Waals surface area contributed by atoms with E-state index < -0.39 is 0 Å². The van der Waals surface area contributed by atoms with E-state index >= 15 is 0 Å². The van der Waals surface area contributed by atoms with Crippen molar-refractivity contribution in [1.29, 1.82) is 0 Å². The molecular formula is C17H17Cl2NO3. The van der Waals surface area contributed by atoms with E-state index in [1.54, 1.807) is 37.4 Å². The SMILES string of the molecule is COc1ccc2c(=O)c3ccc(Cl)cc3oc2c1CN(C)C.Cl. The number of ether oxygens (including phenoxy) is 1. The number of halogens is 2. The lowest BCUT2D eigenvalue weighted by atomic mass is 10.1. The van der Waals surface area contributed by atoms with Gasteiger partial charge in [-0.3, -0.25) is 4.79 Å². The number of hydrogen-bond acceptors (Lipinski definition) is 4. The maximum Gasteiger partial charge on any atom is 0.200 e. The number of hydrogen-bond donors (Lipinski definition) is 0. The minimum atomic E-state index is -0.0597. The summed E-state index contributed by atoms with van der Waals surface area (Å²) < 4.78 is 11.4. The molecule has 4 nitrogen and oxygen atoms in total. The second-order valence-electron chi connectivity index (χ2n) is 5.43. The molecular weight excluding hydrogens is 337 g/mol. The van der Waals surface area contributed by atoms with Crippen LogP contribution in [0.5, 0.6) is 5.75 Å². The third kappa shape index (κ3) is 3.15. The third-order valence-corrected chi connectivity index (χ3v) is 3.79. The molecule has 0 aliphatic carbocycles. The standard InChI is InChI=1S/C17H16ClNO3.ClH/c1-19(2)9-13-14(21-3)7-6-12-16(20)11-5-4-10(18)8-15(11)22-17(12)13;/h4-8H,9H2,1-3H3;1H. The first-order valence-corrected chi connectivity index (χ1v) is 7.25. The molecule has 122 valence electrons. The molecule has 23 heavy (non-hydrogen) atoms. The molecule has 0 bridgehead atoms. The van der Waals surface area contributed by atoms with Crippen molar-refractivity contribution in [2.24, 2.45) is 0 Å². The van der Waals surface area contributed by atoms with Gasteiger partial charge in [-0.15, -0.1) is 12.4 Å². The van der Waals surface area contributed by atoms with Crippen LogP contribution in [-0.4, -0.2) is 26.1 Å². The van der Waals surface area contributed by atoms with Crippen LogP contribution in [0.15, 0.2) is 39.5 Å². The third-order valence-electron chi connectivity index (χ3n) is 3.56. The van der Waals surface area contributed by atoms with Gasteiger partial charge in [0.1, 0.15) is 16.9 Å². The van der Waals surface area contributed by atoms with Crippen LogP contribution >= 0.6 is 24.0 Å². The van der Waals surface area contributed by atoms with Gasteiger partial charge in [0.25, 0.3) is 0 Å². The van der Waals surface area contributed by atoms with Gasteiger partial charge in [-0.1, -0.05) is 11.6 Å². The van der Waals surface area contributed by atoms with E-state index in [1.165, 1.54) is 0 Å². The fraction of sp³-hybridized carbons (Fsp3) is 0.235. The zero-order chi connectivity index (χ0) is 15.9. The minimum absolute atomic E-state index is 0. The van der Waals surface area contributed by atoms with Crippen LogP contribution in [-0.2, 0) is 6.54 Å². The lowest BCUT2D eigenvalue weighted by Gasteiger charge is -2.15. The van der Waals surface area contributed by atoms with Crippen molar-refractivity contribution < 1.29 is 9.15 Å². The Bertz CT molecular complexity index is 919. The molecule has 0 amide bonds. The van der Waals surface area contributed by atoms with Crippen molar-refractivity contribution in [3.05, 3.63) is 51.1 Å². The zero-order valence-electron chi connectivity index (χ0n) is 13.1. The van der Waals surface area contributed by atoms with Gasteiger partial charge in [0.05, 0.1) is 23.4 Å². The van der Waals surface area contributed by atoms with Crippen LogP contribution in [0.2, 0.25) is 5.02 Å². The monoisotopic (exact) mass is 353 g/mol. The van der Waals surface area contributed by atoms with Gasteiger partial charge >= 0.3 is 0 Å². The molecule has 1 aromatic heterocycles. The molecule has 0 saturated carbocycles. The zero-order valence-corrected chi connectivity index (χ0v) is 14.6. The molecule has 0 saturated heterocycles. The van der Waals surface area contributed by atoms with Crippen molar-refractivity contribution >= 4 is 45.9 Å². The first-order chi connectivity index (χ1) is 10.5. The van der Waals surface area contributed by atoms with Gasteiger partial charge in [-0.2, -0.15) is 0 Å². The molecule has 3 rings (SSSR count). The highest BCUT2D eigenvalue weighted by Gasteiger charge is 2.16. The van der Waals surface area contributed by atoms with E-state index in [0.717, 1.165) is 5.56 Å². The van der Waals surface area contributed by atoms with Crippen LogP contribution in [0.3, 0.4) is 0 Å². The second-order valence-corrected chi connectivity index (χ2v) is 5.87. The van der Waals surface area contributed by atoms with Crippen LogP contribution < -0.4 is 10.2 Å². The Hall–Kier alpha value is -1.75. The van der Waals surface area contributed by atoms with Gasteiger partial charge < -0.3 is 14.1 Å². The first-order valence-electron chi connectivity index (χ1n) is 6.88. The Morgan fingerprint density at radius 3 is 2.52 bits per heavy atom. The normalized spacial score (nSPS) is 11.0. The highest BCUT2D eigenvalue weighted by Crippen LogP contribution is 2.30. The summed E-state index contributed by atoms with van der Waals surface area (Å²) in [4.78, 5) is 14.7. The van der Waals surface area contributed by atoms with E-state index in [1.807, 2.05) is 19.0 Å². The Morgan fingerprint density at radius 2 is 1.87 bits per heavy atom. The summed E-state index contributed by atoms with van der Waals surface area (Å²) in [6.45, 7) is 0.607. The summed E-state index contributed by atoms with van der Waals surface area (Å²) in [6, 6.07) is 8.60. The van der Waals surface area contributed by atoms with E-state index in [2.05, 4.69) is 0 Å². The van der Waals surface area contributed by atoms with Crippen LogP contribution in [0.1, 0.15) is 5.56 Å². The number of nitrogens with zero attached hydrogens (tertiary/aromatic N) is 1. The smallest absolute Gasteiger partial charge is 0.200 e. The van der Waals surface area contributed by atoms with Gasteiger partial charge in [-0.05, 0) is 38.4 Å². The predicted molar refractivity (Wildman–Crippen MR) is 96.2 cm³/mol. The molecule has 2 aromatic carbocycles. The van der Waals surface area contributed by atoms with E-state index in [-0.39, 0.29) is 17.8 Å². The maximum atomic E-state index is 12.7. The second kappa shape index (κ2) is 6.79. The highest BCUT2D eigenvalue weighted by molar-refractivity contribution is 6.31. The van der Waals surface area contributed by atoms with Crippen molar-refractivity contribution in [2.75, 3.05) is 21.2 Å². The van der Waals surface area contributed by atoms with E-state index in [4.69, 9.17) is 20.8 Å². The van der Waals surface area contributed by atoms with Gasteiger partial charge in [0.2, 0.25) is 5.43 Å². The molecule has 3 aromatic rings.